The summed E-state index contributed by atoms with van der Waals surface area (Å²) in [5.41, 5.74) is -0.174. The number of halogens is 2. The maximum Gasteiger partial charge on any atom is 0.282 e. The van der Waals surface area contributed by atoms with Crippen LogP contribution in [-0.4, -0.2) is 47.6 Å². The van der Waals surface area contributed by atoms with Crippen LogP contribution in [0.3, 0.4) is 0 Å². The van der Waals surface area contributed by atoms with Crippen molar-refractivity contribution in [2.75, 3.05) is 18.2 Å². The van der Waals surface area contributed by atoms with E-state index in [9.17, 15) is 22.3 Å². The fourth-order valence-electron chi connectivity index (χ4n) is 2.29. The van der Waals surface area contributed by atoms with Crippen LogP contribution in [0.15, 0.2) is 23.4 Å². The first-order valence-corrected chi connectivity index (χ1v) is 9.37. The first-order chi connectivity index (χ1) is 11.6. The lowest BCUT2D eigenvalue weighted by molar-refractivity contribution is 0.141. The second-order valence-corrected chi connectivity index (χ2v) is 7.85. The zero-order chi connectivity index (χ0) is 18.9. The van der Waals surface area contributed by atoms with Crippen LogP contribution in [0.1, 0.15) is 31.5 Å². The largest absolute Gasteiger partial charge is 0.391 e. The van der Waals surface area contributed by atoms with Crippen molar-refractivity contribution >= 4 is 15.7 Å². The van der Waals surface area contributed by atoms with E-state index in [1.807, 2.05) is 13.8 Å². The molecule has 0 aromatic carbocycles. The molecule has 0 unspecified atom stereocenters. The topological polar surface area (TPSA) is 88.3 Å². The number of sulfone groups is 1. The molecule has 0 aliphatic heterocycles. The Balaban J connectivity index is 2.67. The van der Waals surface area contributed by atoms with Crippen LogP contribution in [0.25, 0.3) is 5.69 Å². The third-order valence-corrected chi connectivity index (χ3v) is 4.81. The molecular weight excluding hydrogens is 354 g/mol. The van der Waals surface area contributed by atoms with Gasteiger partial charge in [0.1, 0.15) is 11.5 Å². The summed E-state index contributed by atoms with van der Waals surface area (Å²) in [7, 11) is -1.77. The number of nitrogens with zero attached hydrogens (tertiary/aromatic N) is 4. The predicted molar refractivity (Wildman–Crippen MR) is 88.9 cm³/mol. The van der Waals surface area contributed by atoms with Crippen molar-refractivity contribution in [3.63, 3.8) is 0 Å². The zero-order valence-corrected chi connectivity index (χ0v) is 15.1. The highest BCUT2D eigenvalue weighted by atomic mass is 32.2. The van der Waals surface area contributed by atoms with E-state index in [0.717, 1.165) is 6.26 Å². The quantitative estimate of drug-likeness (QED) is 0.831. The van der Waals surface area contributed by atoms with Crippen molar-refractivity contribution in [2.45, 2.75) is 37.9 Å². The minimum Gasteiger partial charge on any atom is -0.391 e. The van der Waals surface area contributed by atoms with Gasteiger partial charge in [0, 0.05) is 24.9 Å². The number of aliphatic hydroxyl groups is 1. The van der Waals surface area contributed by atoms with E-state index in [2.05, 4.69) is 10.1 Å². The fraction of sp³-hybridized carbons (Fsp3) is 0.467. The van der Waals surface area contributed by atoms with Gasteiger partial charge in [-0.25, -0.2) is 26.9 Å². The summed E-state index contributed by atoms with van der Waals surface area (Å²) < 4.78 is 50.9. The minimum atomic E-state index is -3.47. The van der Waals surface area contributed by atoms with Gasteiger partial charge >= 0.3 is 0 Å². The normalized spacial score (nSPS) is 12.2. The standard InChI is InChI=1S/C15H20F2N4O3S/c1-9(2)20(3)15-11(8-22)13(14(16)17)19-21(15)10-5-6-12(18-7-10)25(4,23)24/h5-7,9,14,22H,8H2,1-4H3. The number of aromatic nitrogens is 3. The number of alkyl halides is 2. The molecule has 0 bridgehead atoms. The molecule has 2 aromatic heterocycles. The maximum absolute atomic E-state index is 13.3. The molecule has 0 saturated carbocycles. The molecule has 0 aliphatic rings. The lowest BCUT2D eigenvalue weighted by Gasteiger charge is -2.25. The van der Waals surface area contributed by atoms with Gasteiger partial charge in [0.15, 0.2) is 14.9 Å². The smallest absolute Gasteiger partial charge is 0.282 e. The molecule has 7 nitrogen and oxygen atoms in total. The lowest BCUT2D eigenvalue weighted by atomic mass is 10.2. The van der Waals surface area contributed by atoms with Crippen molar-refractivity contribution in [2.24, 2.45) is 0 Å². The van der Waals surface area contributed by atoms with E-state index >= 15 is 0 Å². The molecule has 138 valence electrons. The number of rotatable bonds is 6. The van der Waals surface area contributed by atoms with Gasteiger partial charge in [-0.05, 0) is 26.0 Å². The number of anilines is 1. The molecule has 2 rings (SSSR count). The number of hydrogen-bond acceptors (Lipinski definition) is 6. The lowest BCUT2D eigenvalue weighted by Crippen LogP contribution is -2.29. The van der Waals surface area contributed by atoms with Gasteiger partial charge in [-0.1, -0.05) is 0 Å². The highest BCUT2D eigenvalue weighted by molar-refractivity contribution is 7.90. The van der Waals surface area contributed by atoms with E-state index in [1.54, 1.807) is 11.9 Å². The molecule has 2 aromatic rings. The molecule has 0 fully saturated rings. The van der Waals surface area contributed by atoms with Gasteiger partial charge in [-0.15, -0.1) is 0 Å². The summed E-state index contributed by atoms with van der Waals surface area (Å²) in [6, 6.07) is 2.67. The van der Waals surface area contributed by atoms with Crippen LogP contribution in [0.2, 0.25) is 0 Å². The van der Waals surface area contributed by atoms with Crippen LogP contribution >= 0.6 is 0 Å². The summed E-state index contributed by atoms with van der Waals surface area (Å²) in [6.07, 6.45) is -0.581. The SMILES string of the molecule is CC(C)N(C)c1c(CO)c(C(F)F)nn1-c1ccc(S(C)(=O)=O)nc1. The van der Waals surface area contributed by atoms with Gasteiger partial charge in [-0.2, -0.15) is 5.10 Å². The second-order valence-electron chi connectivity index (χ2n) is 5.89. The van der Waals surface area contributed by atoms with Gasteiger partial charge in [0.25, 0.3) is 6.43 Å². The Morgan fingerprint density at radius 3 is 2.36 bits per heavy atom. The van der Waals surface area contributed by atoms with E-state index in [1.165, 1.54) is 23.0 Å². The van der Waals surface area contributed by atoms with Gasteiger partial charge < -0.3 is 10.0 Å². The third-order valence-electron chi connectivity index (χ3n) is 3.81. The first kappa shape index (κ1) is 19.3. The first-order valence-electron chi connectivity index (χ1n) is 7.48. The Bertz CT molecular complexity index is 848. The Morgan fingerprint density at radius 2 is 1.96 bits per heavy atom. The summed E-state index contributed by atoms with van der Waals surface area (Å²) in [6.45, 7) is 3.14. The molecule has 1 N–H and O–H groups in total. The van der Waals surface area contributed by atoms with Gasteiger partial charge in [0.2, 0.25) is 0 Å². The third kappa shape index (κ3) is 3.79. The summed E-state index contributed by atoms with van der Waals surface area (Å²) in [4.78, 5) is 5.57. The van der Waals surface area contributed by atoms with Crippen LogP contribution in [0.4, 0.5) is 14.6 Å². The van der Waals surface area contributed by atoms with Crippen LogP contribution in [0.5, 0.6) is 0 Å². The van der Waals surface area contributed by atoms with E-state index in [4.69, 9.17) is 0 Å². The maximum atomic E-state index is 13.3. The average molecular weight is 374 g/mol. The van der Waals surface area contributed by atoms with Crippen molar-refractivity contribution in [1.29, 1.82) is 0 Å². The van der Waals surface area contributed by atoms with Crippen LogP contribution < -0.4 is 4.90 Å². The molecule has 0 amide bonds. The molecule has 0 aliphatic carbocycles. The van der Waals surface area contributed by atoms with E-state index < -0.39 is 28.6 Å². The molecule has 0 saturated heterocycles. The second kappa shape index (κ2) is 7.04. The molecule has 10 heteroatoms. The summed E-state index contributed by atoms with van der Waals surface area (Å²) in [5, 5.41) is 13.4. The zero-order valence-electron chi connectivity index (χ0n) is 14.3. The van der Waals surface area contributed by atoms with Crippen LogP contribution in [0, 0.1) is 0 Å². The molecule has 0 spiro atoms. The molecular formula is C15H20F2N4O3S. The highest BCUT2D eigenvalue weighted by Gasteiger charge is 2.27. The van der Waals surface area contributed by atoms with Crippen molar-refractivity contribution in [1.82, 2.24) is 14.8 Å². The Labute approximate surface area is 144 Å². The predicted octanol–water partition coefficient (Wildman–Crippen LogP) is 1.95. The molecule has 25 heavy (non-hydrogen) atoms. The molecule has 2 heterocycles. The molecule has 0 radical (unpaired) electrons. The summed E-state index contributed by atoms with van der Waals surface area (Å²) >= 11 is 0. The van der Waals surface area contributed by atoms with Crippen molar-refractivity contribution in [3.05, 3.63) is 29.6 Å². The summed E-state index contributed by atoms with van der Waals surface area (Å²) in [5.74, 6) is 0.307. The highest BCUT2D eigenvalue weighted by Crippen LogP contribution is 2.33. The van der Waals surface area contributed by atoms with Crippen molar-refractivity contribution in [3.8, 4) is 5.69 Å². The number of aliphatic hydroxyl groups excluding tert-OH is 1. The van der Waals surface area contributed by atoms with E-state index in [-0.39, 0.29) is 16.6 Å². The number of pyridine rings is 1. The van der Waals surface area contributed by atoms with E-state index in [0.29, 0.717) is 11.5 Å². The van der Waals surface area contributed by atoms with Gasteiger partial charge in [-0.3, -0.25) is 0 Å². The molecule has 0 atom stereocenters. The Hall–Kier alpha value is -2.07. The van der Waals surface area contributed by atoms with Crippen LogP contribution in [-0.2, 0) is 16.4 Å². The average Bonchev–Trinajstić information content (AvgIpc) is 2.92. The minimum absolute atomic E-state index is 0.0263. The number of hydrogen-bond donors (Lipinski definition) is 1. The van der Waals surface area contributed by atoms with Gasteiger partial charge in [0.05, 0.1) is 18.5 Å². The Kier molecular flexibility index (Phi) is 5.43. The Morgan fingerprint density at radius 1 is 1.32 bits per heavy atom. The fourth-order valence-corrected chi connectivity index (χ4v) is 2.85. The monoisotopic (exact) mass is 374 g/mol. The van der Waals surface area contributed by atoms with Crippen molar-refractivity contribution < 1.29 is 22.3 Å².